The van der Waals surface area contributed by atoms with E-state index in [4.69, 9.17) is 5.73 Å². The lowest BCUT2D eigenvalue weighted by atomic mass is 10.1. The fourth-order valence-corrected chi connectivity index (χ4v) is 2.71. The first-order chi connectivity index (χ1) is 9.09. The highest BCUT2D eigenvalue weighted by atomic mass is 15.3. The summed E-state index contributed by atoms with van der Waals surface area (Å²) >= 11 is 0. The van der Waals surface area contributed by atoms with Crippen molar-refractivity contribution in [3.05, 3.63) is 5.69 Å². The van der Waals surface area contributed by atoms with Crippen LogP contribution in [-0.2, 0) is 7.05 Å². The van der Waals surface area contributed by atoms with E-state index in [1.54, 1.807) is 0 Å². The number of anilines is 2. The highest BCUT2D eigenvalue weighted by Crippen LogP contribution is 2.27. The fourth-order valence-electron chi connectivity index (χ4n) is 2.71. The topological polar surface area (TPSA) is 59.1 Å². The summed E-state index contributed by atoms with van der Waals surface area (Å²) in [6.45, 7) is 8.92. The minimum atomic E-state index is 0.367. The van der Waals surface area contributed by atoms with Gasteiger partial charge in [-0.2, -0.15) is 5.10 Å². The molecular weight excluding hydrogens is 238 g/mol. The van der Waals surface area contributed by atoms with E-state index in [2.05, 4.69) is 29.2 Å². The number of likely N-dealkylation sites (tertiary alicyclic amines) is 1. The van der Waals surface area contributed by atoms with Crippen LogP contribution in [0.3, 0.4) is 0 Å². The standard InChI is InChI=1S/C14H27N5/c1-11(2)13-12(15)14(18(3)17-13)16-7-6-10-19-8-4-5-9-19/h11,16H,4-10,15H2,1-3H3. The Morgan fingerprint density at radius 2 is 2.00 bits per heavy atom. The zero-order valence-corrected chi connectivity index (χ0v) is 12.4. The third-order valence-corrected chi connectivity index (χ3v) is 3.80. The first kappa shape index (κ1) is 14.2. The van der Waals surface area contributed by atoms with Gasteiger partial charge in [0.2, 0.25) is 0 Å². The summed E-state index contributed by atoms with van der Waals surface area (Å²) < 4.78 is 1.86. The molecule has 3 N–H and O–H groups in total. The van der Waals surface area contributed by atoms with Gasteiger partial charge in [-0.15, -0.1) is 0 Å². The van der Waals surface area contributed by atoms with Crippen LogP contribution in [0.1, 0.15) is 44.7 Å². The summed E-state index contributed by atoms with van der Waals surface area (Å²) in [4.78, 5) is 2.54. The van der Waals surface area contributed by atoms with Gasteiger partial charge in [-0.05, 0) is 44.8 Å². The van der Waals surface area contributed by atoms with Crippen LogP contribution in [0.15, 0.2) is 0 Å². The normalized spacial score (nSPS) is 16.4. The number of nitrogens with one attached hydrogen (secondary N) is 1. The Morgan fingerprint density at radius 3 is 2.58 bits per heavy atom. The van der Waals surface area contributed by atoms with Gasteiger partial charge >= 0.3 is 0 Å². The highest BCUT2D eigenvalue weighted by Gasteiger charge is 2.15. The molecule has 1 aliphatic rings. The van der Waals surface area contributed by atoms with Crippen molar-refractivity contribution in [2.24, 2.45) is 7.05 Å². The van der Waals surface area contributed by atoms with Crippen molar-refractivity contribution in [1.82, 2.24) is 14.7 Å². The summed E-state index contributed by atoms with van der Waals surface area (Å²) in [5.74, 6) is 1.33. The molecule has 108 valence electrons. The van der Waals surface area contributed by atoms with Crippen LogP contribution >= 0.6 is 0 Å². The van der Waals surface area contributed by atoms with Crippen LogP contribution < -0.4 is 11.1 Å². The van der Waals surface area contributed by atoms with E-state index >= 15 is 0 Å². The van der Waals surface area contributed by atoms with Crippen LogP contribution in [0.5, 0.6) is 0 Å². The average molecular weight is 265 g/mol. The number of rotatable bonds is 6. The Bertz CT molecular complexity index is 404. The van der Waals surface area contributed by atoms with E-state index in [9.17, 15) is 0 Å². The SMILES string of the molecule is CC(C)c1nn(C)c(NCCCN2CCCC2)c1N. The van der Waals surface area contributed by atoms with E-state index in [0.29, 0.717) is 5.92 Å². The molecule has 0 radical (unpaired) electrons. The predicted octanol–water partition coefficient (Wildman–Crippen LogP) is 2.02. The van der Waals surface area contributed by atoms with E-state index < -0.39 is 0 Å². The summed E-state index contributed by atoms with van der Waals surface area (Å²) in [6, 6.07) is 0. The summed E-state index contributed by atoms with van der Waals surface area (Å²) in [6.07, 6.45) is 3.88. The molecule has 1 aromatic rings. The monoisotopic (exact) mass is 265 g/mol. The van der Waals surface area contributed by atoms with Gasteiger partial charge in [0.1, 0.15) is 5.82 Å². The van der Waals surface area contributed by atoms with Gasteiger partial charge < -0.3 is 16.0 Å². The molecule has 5 nitrogen and oxygen atoms in total. The second-order valence-corrected chi connectivity index (χ2v) is 5.75. The van der Waals surface area contributed by atoms with Crippen molar-refractivity contribution >= 4 is 11.5 Å². The maximum Gasteiger partial charge on any atom is 0.147 e. The molecule has 0 unspecified atom stereocenters. The van der Waals surface area contributed by atoms with Crippen LogP contribution in [0.2, 0.25) is 0 Å². The van der Waals surface area contributed by atoms with Crippen molar-refractivity contribution in [2.75, 3.05) is 37.2 Å². The molecule has 0 aliphatic carbocycles. The van der Waals surface area contributed by atoms with Gasteiger partial charge in [-0.25, -0.2) is 0 Å². The predicted molar refractivity (Wildman–Crippen MR) is 80.5 cm³/mol. The maximum absolute atomic E-state index is 6.15. The van der Waals surface area contributed by atoms with Gasteiger partial charge in [-0.1, -0.05) is 13.8 Å². The van der Waals surface area contributed by atoms with Gasteiger partial charge in [-0.3, -0.25) is 4.68 Å². The van der Waals surface area contributed by atoms with E-state index in [0.717, 1.165) is 30.2 Å². The Morgan fingerprint density at radius 1 is 1.32 bits per heavy atom. The zero-order chi connectivity index (χ0) is 13.8. The van der Waals surface area contributed by atoms with E-state index in [1.165, 1.54) is 32.5 Å². The molecule has 1 saturated heterocycles. The molecule has 1 fully saturated rings. The molecule has 0 saturated carbocycles. The molecule has 0 bridgehead atoms. The molecule has 0 atom stereocenters. The van der Waals surface area contributed by atoms with Gasteiger partial charge in [0.15, 0.2) is 0 Å². The smallest absolute Gasteiger partial charge is 0.147 e. The third-order valence-electron chi connectivity index (χ3n) is 3.80. The van der Waals surface area contributed by atoms with Gasteiger partial charge in [0.25, 0.3) is 0 Å². The van der Waals surface area contributed by atoms with E-state index in [-0.39, 0.29) is 0 Å². The summed E-state index contributed by atoms with van der Waals surface area (Å²) in [5, 5.41) is 7.91. The molecule has 0 spiro atoms. The van der Waals surface area contributed by atoms with Crippen molar-refractivity contribution in [3.63, 3.8) is 0 Å². The minimum Gasteiger partial charge on any atom is -0.394 e. The molecule has 2 rings (SSSR count). The van der Waals surface area contributed by atoms with Crippen molar-refractivity contribution in [1.29, 1.82) is 0 Å². The lowest BCUT2D eigenvalue weighted by Gasteiger charge is -2.14. The number of hydrogen-bond donors (Lipinski definition) is 2. The molecule has 0 amide bonds. The van der Waals surface area contributed by atoms with Gasteiger partial charge in [0.05, 0.1) is 11.4 Å². The number of nitrogens with zero attached hydrogens (tertiary/aromatic N) is 3. The highest BCUT2D eigenvalue weighted by molar-refractivity contribution is 5.65. The summed E-state index contributed by atoms with van der Waals surface area (Å²) in [7, 11) is 1.95. The van der Waals surface area contributed by atoms with Crippen molar-refractivity contribution in [2.45, 2.75) is 39.0 Å². The second kappa shape index (κ2) is 6.28. The quantitative estimate of drug-likeness (QED) is 0.773. The van der Waals surface area contributed by atoms with Crippen molar-refractivity contribution in [3.8, 4) is 0 Å². The Balaban J connectivity index is 1.82. The molecule has 19 heavy (non-hydrogen) atoms. The Labute approximate surface area is 116 Å². The lowest BCUT2D eigenvalue weighted by molar-refractivity contribution is 0.337. The first-order valence-corrected chi connectivity index (χ1v) is 7.38. The van der Waals surface area contributed by atoms with Crippen LogP contribution in [-0.4, -0.2) is 40.9 Å². The van der Waals surface area contributed by atoms with Crippen LogP contribution in [0, 0.1) is 0 Å². The van der Waals surface area contributed by atoms with E-state index in [1.807, 2.05) is 11.7 Å². The molecule has 2 heterocycles. The van der Waals surface area contributed by atoms with Gasteiger partial charge in [0, 0.05) is 13.6 Å². The van der Waals surface area contributed by atoms with Crippen LogP contribution in [0.4, 0.5) is 11.5 Å². The summed E-state index contributed by atoms with van der Waals surface area (Å²) in [5.41, 5.74) is 7.95. The van der Waals surface area contributed by atoms with Crippen LogP contribution in [0.25, 0.3) is 0 Å². The maximum atomic E-state index is 6.15. The third kappa shape index (κ3) is 3.41. The largest absolute Gasteiger partial charge is 0.394 e. The lowest BCUT2D eigenvalue weighted by Crippen LogP contribution is -2.22. The fraction of sp³-hybridized carbons (Fsp3) is 0.786. The Kier molecular flexibility index (Phi) is 4.69. The number of nitrogen functional groups attached to an aromatic ring is 1. The minimum absolute atomic E-state index is 0.367. The zero-order valence-electron chi connectivity index (χ0n) is 12.4. The number of nitrogens with two attached hydrogens (primary N) is 1. The molecule has 1 aliphatic heterocycles. The van der Waals surface area contributed by atoms with Crippen molar-refractivity contribution < 1.29 is 0 Å². The first-order valence-electron chi connectivity index (χ1n) is 7.38. The average Bonchev–Trinajstić information content (AvgIpc) is 2.96. The molecule has 0 aromatic carbocycles. The second-order valence-electron chi connectivity index (χ2n) is 5.75. The molecular formula is C14H27N5. The molecule has 5 heteroatoms. The molecule has 1 aromatic heterocycles. The number of hydrogen-bond acceptors (Lipinski definition) is 4. The number of aryl methyl sites for hydroxylation is 1. The Hall–Kier alpha value is -1.23. The number of aromatic nitrogens is 2.